The van der Waals surface area contributed by atoms with Gasteiger partial charge in [-0.2, -0.15) is 0 Å². The molecular formula is C18H31IN4O. The van der Waals surface area contributed by atoms with Crippen LogP contribution in [-0.4, -0.2) is 49.7 Å². The summed E-state index contributed by atoms with van der Waals surface area (Å²) in [5.41, 5.74) is 2.62. The Morgan fingerprint density at radius 3 is 2.50 bits per heavy atom. The Labute approximate surface area is 163 Å². The lowest BCUT2D eigenvalue weighted by Gasteiger charge is -2.26. The molecule has 5 nitrogen and oxygen atoms in total. The number of guanidine groups is 1. The van der Waals surface area contributed by atoms with Gasteiger partial charge in [-0.1, -0.05) is 24.3 Å². The molecule has 0 unspecified atom stereocenters. The average Bonchev–Trinajstić information content (AvgIpc) is 2.52. The van der Waals surface area contributed by atoms with Gasteiger partial charge in [-0.15, -0.1) is 24.0 Å². The molecule has 0 bridgehead atoms. The second-order valence-corrected chi connectivity index (χ2v) is 7.01. The molecule has 1 saturated heterocycles. The first-order chi connectivity index (χ1) is 11.0. The fourth-order valence-corrected chi connectivity index (χ4v) is 2.58. The van der Waals surface area contributed by atoms with Gasteiger partial charge in [0.05, 0.1) is 13.2 Å². The van der Waals surface area contributed by atoms with Crippen LogP contribution in [0.3, 0.4) is 0 Å². The molecule has 0 spiro atoms. The number of nitrogens with zero attached hydrogens (tertiary/aromatic N) is 2. The average molecular weight is 446 g/mol. The maximum atomic E-state index is 5.41. The van der Waals surface area contributed by atoms with Crippen molar-refractivity contribution in [2.75, 3.05) is 33.4 Å². The molecule has 24 heavy (non-hydrogen) atoms. The Bertz CT molecular complexity index is 522. The van der Waals surface area contributed by atoms with Gasteiger partial charge in [-0.05, 0) is 31.9 Å². The van der Waals surface area contributed by atoms with Crippen LogP contribution in [-0.2, 0) is 17.8 Å². The molecule has 0 radical (unpaired) electrons. The Morgan fingerprint density at radius 2 is 1.88 bits per heavy atom. The predicted molar refractivity (Wildman–Crippen MR) is 111 cm³/mol. The fraction of sp³-hybridized carbons (Fsp3) is 0.611. The van der Waals surface area contributed by atoms with Gasteiger partial charge in [-0.3, -0.25) is 9.89 Å². The van der Waals surface area contributed by atoms with Crippen LogP contribution in [0.4, 0.5) is 0 Å². The summed E-state index contributed by atoms with van der Waals surface area (Å²) in [6.07, 6.45) is 0. The summed E-state index contributed by atoms with van der Waals surface area (Å²) in [6, 6.07) is 8.75. The molecule has 2 rings (SSSR count). The minimum absolute atomic E-state index is 0. The van der Waals surface area contributed by atoms with Crippen LogP contribution in [0.25, 0.3) is 0 Å². The fourth-order valence-electron chi connectivity index (χ4n) is 2.58. The van der Waals surface area contributed by atoms with Crippen molar-refractivity contribution in [3.63, 3.8) is 0 Å². The Morgan fingerprint density at radius 1 is 1.21 bits per heavy atom. The number of hydrogen-bond donors (Lipinski definition) is 2. The molecule has 1 aromatic carbocycles. The molecule has 0 atom stereocenters. The number of benzene rings is 1. The number of rotatable bonds is 4. The number of ether oxygens (including phenoxy) is 1. The molecule has 2 N–H and O–H groups in total. The second kappa shape index (κ2) is 10.2. The van der Waals surface area contributed by atoms with Crippen LogP contribution in [0.15, 0.2) is 29.3 Å². The van der Waals surface area contributed by atoms with Gasteiger partial charge in [0.2, 0.25) is 0 Å². The van der Waals surface area contributed by atoms with E-state index >= 15 is 0 Å². The number of halogens is 1. The van der Waals surface area contributed by atoms with Crippen LogP contribution >= 0.6 is 24.0 Å². The Hall–Kier alpha value is -0.860. The highest BCUT2D eigenvalue weighted by atomic mass is 127. The molecular weight excluding hydrogens is 415 g/mol. The number of nitrogens with one attached hydrogen (secondary N) is 2. The van der Waals surface area contributed by atoms with Crippen molar-refractivity contribution < 1.29 is 4.74 Å². The molecule has 0 amide bonds. The highest BCUT2D eigenvalue weighted by Crippen LogP contribution is 2.10. The Kier molecular flexibility index (Phi) is 9.01. The molecule has 1 aliphatic heterocycles. The zero-order valence-electron chi connectivity index (χ0n) is 15.3. The van der Waals surface area contributed by atoms with E-state index in [-0.39, 0.29) is 29.5 Å². The first-order valence-electron chi connectivity index (χ1n) is 8.33. The van der Waals surface area contributed by atoms with Crippen molar-refractivity contribution in [2.45, 2.75) is 39.4 Å². The van der Waals surface area contributed by atoms with Gasteiger partial charge in [0.25, 0.3) is 0 Å². The van der Waals surface area contributed by atoms with Gasteiger partial charge >= 0.3 is 0 Å². The third-order valence-electron chi connectivity index (χ3n) is 3.68. The summed E-state index contributed by atoms with van der Waals surface area (Å²) in [7, 11) is 1.80. The summed E-state index contributed by atoms with van der Waals surface area (Å²) in [5, 5.41) is 6.75. The summed E-state index contributed by atoms with van der Waals surface area (Å²) < 4.78 is 5.41. The van der Waals surface area contributed by atoms with Crippen LogP contribution in [0, 0.1) is 0 Å². The van der Waals surface area contributed by atoms with E-state index in [1.807, 2.05) is 0 Å². The molecule has 6 heteroatoms. The van der Waals surface area contributed by atoms with Crippen molar-refractivity contribution in [1.82, 2.24) is 15.5 Å². The van der Waals surface area contributed by atoms with E-state index in [0.29, 0.717) is 0 Å². The monoisotopic (exact) mass is 446 g/mol. The maximum Gasteiger partial charge on any atom is 0.191 e. The predicted octanol–water partition coefficient (Wildman–Crippen LogP) is 2.60. The third kappa shape index (κ3) is 7.81. The lowest BCUT2D eigenvalue weighted by Crippen LogP contribution is -2.47. The summed E-state index contributed by atoms with van der Waals surface area (Å²) in [4.78, 5) is 6.72. The SMILES string of the molecule is CN=C(NCc1cccc(CN2CCOCC2)c1)NC(C)(C)C.I. The van der Waals surface area contributed by atoms with Crippen LogP contribution in [0.2, 0.25) is 0 Å². The molecule has 0 aromatic heterocycles. The smallest absolute Gasteiger partial charge is 0.191 e. The van der Waals surface area contributed by atoms with E-state index in [2.05, 4.69) is 65.6 Å². The van der Waals surface area contributed by atoms with E-state index in [0.717, 1.165) is 45.4 Å². The quantitative estimate of drug-likeness (QED) is 0.424. The lowest BCUT2D eigenvalue weighted by atomic mass is 10.1. The lowest BCUT2D eigenvalue weighted by molar-refractivity contribution is 0.0342. The highest BCUT2D eigenvalue weighted by Gasteiger charge is 2.12. The summed E-state index contributed by atoms with van der Waals surface area (Å²) in [5.74, 6) is 0.830. The van der Waals surface area contributed by atoms with Crippen molar-refractivity contribution >= 4 is 29.9 Å². The number of morpholine rings is 1. The largest absolute Gasteiger partial charge is 0.379 e. The molecule has 136 valence electrons. The van der Waals surface area contributed by atoms with Gasteiger partial charge in [0.1, 0.15) is 0 Å². The normalized spacial score (nSPS) is 16.4. The minimum Gasteiger partial charge on any atom is -0.379 e. The van der Waals surface area contributed by atoms with E-state index in [1.54, 1.807) is 7.05 Å². The van der Waals surface area contributed by atoms with Gasteiger partial charge < -0.3 is 15.4 Å². The summed E-state index contributed by atoms with van der Waals surface area (Å²) in [6.45, 7) is 11.9. The molecule has 1 heterocycles. The maximum absolute atomic E-state index is 5.41. The molecule has 0 aliphatic carbocycles. The van der Waals surface area contributed by atoms with Crippen LogP contribution in [0.1, 0.15) is 31.9 Å². The minimum atomic E-state index is 0. The van der Waals surface area contributed by atoms with Crippen LogP contribution < -0.4 is 10.6 Å². The van der Waals surface area contributed by atoms with Crippen LogP contribution in [0.5, 0.6) is 0 Å². The van der Waals surface area contributed by atoms with Crippen molar-refractivity contribution in [1.29, 1.82) is 0 Å². The molecule has 0 saturated carbocycles. The number of aliphatic imine (C=N–C) groups is 1. The van der Waals surface area contributed by atoms with Crippen molar-refractivity contribution in [3.8, 4) is 0 Å². The third-order valence-corrected chi connectivity index (χ3v) is 3.68. The highest BCUT2D eigenvalue weighted by molar-refractivity contribution is 14.0. The zero-order valence-corrected chi connectivity index (χ0v) is 17.6. The number of hydrogen-bond acceptors (Lipinski definition) is 3. The van der Waals surface area contributed by atoms with E-state index in [9.17, 15) is 0 Å². The van der Waals surface area contributed by atoms with Gasteiger partial charge in [0.15, 0.2) is 5.96 Å². The molecule has 1 fully saturated rings. The molecule has 1 aliphatic rings. The van der Waals surface area contributed by atoms with E-state index in [1.165, 1.54) is 11.1 Å². The van der Waals surface area contributed by atoms with Crippen molar-refractivity contribution in [3.05, 3.63) is 35.4 Å². The van der Waals surface area contributed by atoms with E-state index in [4.69, 9.17) is 4.74 Å². The molecule has 1 aromatic rings. The topological polar surface area (TPSA) is 48.9 Å². The van der Waals surface area contributed by atoms with Gasteiger partial charge in [-0.25, -0.2) is 0 Å². The standard InChI is InChI=1S/C18H30N4O.HI/c1-18(2,3)21-17(19-4)20-13-15-6-5-7-16(12-15)14-22-8-10-23-11-9-22;/h5-7,12H,8-11,13-14H2,1-4H3,(H2,19,20,21);1H. The zero-order chi connectivity index (χ0) is 16.7. The van der Waals surface area contributed by atoms with Crippen molar-refractivity contribution in [2.24, 2.45) is 4.99 Å². The Balaban J connectivity index is 0.00000288. The van der Waals surface area contributed by atoms with E-state index < -0.39 is 0 Å². The first-order valence-corrected chi connectivity index (χ1v) is 8.33. The first kappa shape index (κ1) is 21.2. The summed E-state index contributed by atoms with van der Waals surface area (Å²) >= 11 is 0. The van der Waals surface area contributed by atoms with Gasteiger partial charge in [0, 0.05) is 38.8 Å². The second-order valence-electron chi connectivity index (χ2n) is 7.01.